The number of phenolic OH excluding ortho intramolecular Hbond substituents is 1. The molecule has 7 nitrogen and oxygen atoms in total. The average molecular weight is 333 g/mol. The third-order valence-corrected chi connectivity index (χ3v) is 3.07. The SMILES string of the molecule is CCN(C#N)C(=O)C(Cc1ccc(O)cc1)NC(=O)OC(C)(C)C. The van der Waals surface area contributed by atoms with Crippen molar-refractivity contribution in [3.8, 4) is 11.9 Å². The summed E-state index contributed by atoms with van der Waals surface area (Å²) in [7, 11) is 0. The van der Waals surface area contributed by atoms with Gasteiger partial charge in [0.2, 0.25) is 0 Å². The van der Waals surface area contributed by atoms with Crippen molar-refractivity contribution >= 4 is 12.0 Å². The van der Waals surface area contributed by atoms with Crippen LogP contribution in [0.1, 0.15) is 33.3 Å². The van der Waals surface area contributed by atoms with Crippen molar-refractivity contribution in [2.75, 3.05) is 6.54 Å². The van der Waals surface area contributed by atoms with Crippen LogP contribution < -0.4 is 5.32 Å². The second kappa shape index (κ2) is 8.20. The molecule has 0 saturated carbocycles. The minimum absolute atomic E-state index is 0.105. The maximum absolute atomic E-state index is 12.5. The van der Waals surface area contributed by atoms with E-state index >= 15 is 0 Å². The van der Waals surface area contributed by atoms with Gasteiger partial charge >= 0.3 is 6.09 Å². The molecule has 0 fully saturated rings. The van der Waals surface area contributed by atoms with Gasteiger partial charge < -0.3 is 15.2 Å². The van der Waals surface area contributed by atoms with E-state index < -0.39 is 23.6 Å². The van der Waals surface area contributed by atoms with Gasteiger partial charge in [0.1, 0.15) is 17.4 Å². The fourth-order valence-corrected chi connectivity index (χ4v) is 1.98. The van der Waals surface area contributed by atoms with Crippen LogP contribution in [0.15, 0.2) is 24.3 Å². The summed E-state index contributed by atoms with van der Waals surface area (Å²) < 4.78 is 5.18. The summed E-state index contributed by atoms with van der Waals surface area (Å²) in [6.07, 6.45) is 1.25. The number of nitrogens with zero attached hydrogens (tertiary/aromatic N) is 2. The van der Waals surface area contributed by atoms with Crippen LogP contribution in [0.3, 0.4) is 0 Å². The predicted octanol–water partition coefficient (Wildman–Crippen LogP) is 2.16. The highest BCUT2D eigenvalue weighted by Crippen LogP contribution is 2.13. The zero-order chi connectivity index (χ0) is 18.3. The smallest absolute Gasteiger partial charge is 0.408 e. The van der Waals surface area contributed by atoms with E-state index in [2.05, 4.69) is 5.32 Å². The van der Waals surface area contributed by atoms with E-state index in [-0.39, 0.29) is 18.7 Å². The number of carbonyl (C=O) groups excluding carboxylic acids is 2. The van der Waals surface area contributed by atoms with Crippen LogP contribution in [0.4, 0.5) is 4.79 Å². The van der Waals surface area contributed by atoms with Crippen molar-refractivity contribution < 1.29 is 19.4 Å². The molecule has 1 rings (SSSR count). The van der Waals surface area contributed by atoms with Gasteiger partial charge in [0.15, 0.2) is 6.19 Å². The van der Waals surface area contributed by atoms with Crippen molar-refractivity contribution in [1.29, 1.82) is 5.26 Å². The van der Waals surface area contributed by atoms with E-state index in [0.29, 0.717) is 0 Å². The highest BCUT2D eigenvalue weighted by atomic mass is 16.6. The molecule has 0 heterocycles. The first-order valence-electron chi connectivity index (χ1n) is 7.64. The summed E-state index contributed by atoms with van der Waals surface area (Å²) in [5.74, 6) is -0.409. The zero-order valence-electron chi connectivity index (χ0n) is 14.4. The highest BCUT2D eigenvalue weighted by Gasteiger charge is 2.28. The summed E-state index contributed by atoms with van der Waals surface area (Å²) in [5, 5.41) is 20.9. The van der Waals surface area contributed by atoms with Gasteiger partial charge in [-0.25, -0.2) is 9.69 Å². The topological polar surface area (TPSA) is 103 Å². The Labute approximate surface area is 141 Å². The molecule has 0 aliphatic rings. The first kappa shape index (κ1) is 19.3. The number of benzene rings is 1. The Morgan fingerprint density at radius 1 is 1.33 bits per heavy atom. The molecular weight excluding hydrogens is 310 g/mol. The van der Waals surface area contributed by atoms with Crippen LogP contribution in [-0.2, 0) is 16.0 Å². The molecule has 0 spiro atoms. The summed E-state index contributed by atoms with van der Waals surface area (Å²) >= 11 is 0. The first-order chi connectivity index (χ1) is 11.2. The number of phenols is 1. The van der Waals surface area contributed by atoms with Crippen LogP contribution in [-0.4, -0.2) is 40.2 Å². The number of likely N-dealkylation sites (N-methyl/N-ethyl adjacent to an activating group) is 1. The van der Waals surface area contributed by atoms with Crippen molar-refractivity contribution in [2.24, 2.45) is 0 Å². The number of nitriles is 1. The lowest BCUT2D eigenvalue weighted by Gasteiger charge is -2.25. The number of rotatable bonds is 5. The molecule has 130 valence electrons. The maximum atomic E-state index is 12.5. The van der Waals surface area contributed by atoms with Crippen molar-refractivity contribution in [1.82, 2.24) is 10.2 Å². The average Bonchev–Trinajstić information content (AvgIpc) is 2.48. The van der Waals surface area contributed by atoms with Gasteiger partial charge in [0.25, 0.3) is 5.91 Å². The molecule has 2 amide bonds. The van der Waals surface area contributed by atoms with Crippen LogP contribution >= 0.6 is 0 Å². The van der Waals surface area contributed by atoms with Crippen LogP contribution in [0.25, 0.3) is 0 Å². The summed E-state index contributed by atoms with van der Waals surface area (Å²) in [4.78, 5) is 25.4. The quantitative estimate of drug-likeness (QED) is 0.635. The van der Waals surface area contributed by atoms with Crippen molar-refractivity contribution in [3.63, 3.8) is 0 Å². The summed E-state index contributed by atoms with van der Waals surface area (Å²) in [6, 6.07) is 5.34. The minimum atomic E-state index is -0.941. The number of nitrogens with one attached hydrogen (secondary N) is 1. The first-order valence-corrected chi connectivity index (χ1v) is 7.64. The van der Waals surface area contributed by atoms with E-state index in [1.54, 1.807) is 46.0 Å². The lowest BCUT2D eigenvalue weighted by Crippen LogP contribution is -2.49. The number of carbonyl (C=O) groups is 2. The van der Waals surface area contributed by atoms with E-state index in [4.69, 9.17) is 10.00 Å². The fourth-order valence-electron chi connectivity index (χ4n) is 1.98. The van der Waals surface area contributed by atoms with Crippen LogP contribution in [0.2, 0.25) is 0 Å². The molecule has 0 aliphatic heterocycles. The van der Waals surface area contributed by atoms with E-state index in [1.165, 1.54) is 12.1 Å². The largest absolute Gasteiger partial charge is 0.508 e. The summed E-state index contributed by atoms with van der Waals surface area (Å²) in [5.41, 5.74) is 0.0341. The summed E-state index contributed by atoms with van der Waals surface area (Å²) in [6.45, 7) is 7.04. The number of amides is 2. The molecule has 2 N–H and O–H groups in total. The second-order valence-electron chi connectivity index (χ2n) is 6.25. The van der Waals surface area contributed by atoms with Gasteiger partial charge in [-0.05, 0) is 45.4 Å². The Morgan fingerprint density at radius 2 is 1.92 bits per heavy atom. The fraction of sp³-hybridized carbons (Fsp3) is 0.471. The van der Waals surface area contributed by atoms with Gasteiger partial charge in [0.05, 0.1) is 0 Å². The lowest BCUT2D eigenvalue weighted by atomic mass is 10.0. The number of aromatic hydroxyl groups is 1. The van der Waals surface area contributed by atoms with Gasteiger partial charge in [-0.1, -0.05) is 12.1 Å². The number of hydrogen-bond donors (Lipinski definition) is 2. The molecule has 0 saturated heterocycles. The Balaban J connectivity index is 2.94. The molecule has 1 unspecified atom stereocenters. The molecule has 1 atom stereocenters. The minimum Gasteiger partial charge on any atom is -0.508 e. The second-order valence-corrected chi connectivity index (χ2v) is 6.25. The Hall–Kier alpha value is -2.75. The third kappa shape index (κ3) is 6.16. The molecule has 0 bridgehead atoms. The molecule has 0 aromatic heterocycles. The zero-order valence-corrected chi connectivity index (χ0v) is 14.4. The predicted molar refractivity (Wildman–Crippen MR) is 88.0 cm³/mol. The Kier molecular flexibility index (Phi) is 6.59. The Morgan fingerprint density at radius 3 is 2.38 bits per heavy atom. The molecule has 0 aliphatic carbocycles. The molecular formula is C17H23N3O4. The molecule has 1 aromatic carbocycles. The van der Waals surface area contributed by atoms with Crippen LogP contribution in [0.5, 0.6) is 5.75 Å². The van der Waals surface area contributed by atoms with Gasteiger partial charge in [-0.3, -0.25) is 4.79 Å². The van der Waals surface area contributed by atoms with Crippen molar-refractivity contribution in [3.05, 3.63) is 29.8 Å². The van der Waals surface area contributed by atoms with E-state index in [0.717, 1.165) is 10.5 Å². The maximum Gasteiger partial charge on any atom is 0.408 e. The van der Waals surface area contributed by atoms with Gasteiger partial charge in [0, 0.05) is 13.0 Å². The number of ether oxygens (including phenoxy) is 1. The molecule has 0 radical (unpaired) electrons. The third-order valence-electron chi connectivity index (χ3n) is 3.07. The lowest BCUT2D eigenvalue weighted by molar-refractivity contribution is -0.130. The van der Waals surface area contributed by atoms with Gasteiger partial charge in [-0.2, -0.15) is 5.26 Å². The molecule has 7 heteroatoms. The van der Waals surface area contributed by atoms with Crippen LogP contribution in [0, 0.1) is 11.5 Å². The Bertz CT molecular complexity index is 614. The van der Waals surface area contributed by atoms with Gasteiger partial charge in [-0.15, -0.1) is 0 Å². The van der Waals surface area contributed by atoms with E-state index in [1.807, 2.05) is 0 Å². The standard InChI is InChI=1S/C17H23N3O4/c1-5-20(11-18)15(22)14(19-16(23)24-17(2,3)4)10-12-6-8-13(21)9-7-12/h6-9,14,21H,5,10H2,1-4H3,(H,19,23). The highest BCUT2D eigenvalue weighted by molar-refractivity contribution is 5.87. The monoisotopic (exact) mass is 333 g/mol. The van der Waals surface area contributed by atoms with E-state index in [9.17, 15) is 14.7 Å². The number of hydrogen-bond acceptors (Lipinski definition) is 5. The van der Waals surface area contributed by atoms with Crippen molar-refractivity contribution in [2.45, 2.75) is 45.8 Å². The normalized spacial score (nSPS) is 12.0. The molecule has 24 heavy (non-hydrogen) atoms. The number of alkyl carbamates (subject to hydrolysis) is 1. The molecule has 1 aromatic rings.